The van der Waals surface area contributed by atoms with Crippen LogP contribution < -0.4 is 43.4 Å². The van der Waals surface area contributed by atoms with E-state index in [9.17, 15) is 91.7 Å². The lowest BCUT2D eigenvalue weighted by molar-refractivity contribution is -0.145. The van der Waals surface area contributed by atoms with Crippen molar-refractivity contribution >= 4 is 106 Å². The van der Waals surface area contributed by atoms with Crippen molar-refractivity contribution in [2.24, 2.45) is 75.6 Å². The molecule has 0 radical (unpaired) electrons. The summed E-state index contributed by atoms with van der Waals surface area (Å²) in [5.74, 6) is -19.8. The highest BCUT2D eigenvalue weighted by molar-refractivity contribution is 6.09. The van der Waals surface area contributed by atoms with Gasteiger partial charge in [0.15, 0.2) is 34.9 Å². The number of carbonyl (C=O) groups excluding carboxylic acids is 14. The van der Waals surface area contributed by atoms with Crippen LogP contribution in [0.2, 0.25) is 0 Å². The number of aliphatic imine (C=N–C) groups is 1. The molecule has 2 saturated heterocycles. The van der Waals surface area contributed by atoms with Gasteiger partial charge < -0.3 is 63.6 Å². The third-order valence-corrected chi connectivity index (χ3v) is 16.7. The molecule has 1 saturated carbocycles. The Morgan fingerprint density at radius 3 is 1.71 bits per heavy atom. The predicted molar refractivity (Wildman–Crippen MR) is 323 cm³/mol. The van der Waals surface area contributed by atoms with Gasteiger partial charge in [-0.2, -0.15) is 0 Å². The summed E-state index contributed by atoms with van der Waals surface area (Å²) >= 11 is 0. The van der Waals surface area contributed by atoms with Gasteiger partial charge in [0.1, 0.15) is 13.1 Å². The summed E-state index contributed by atoms with van der Waals surface area (Å²) in [4.78, 5) is 226. The van der Waals surface area contributed by atoms with E-state index in [-0.39, 0.29) is 87.0 Å². The largest absolute Gasteiger partial charge is 0.481 e. The molecule has 13 N–H and O–H groups in total. The number of fused-ring (bicyclic) bond motifs is 5. The molecule has 2 aliphatic carbocycles. The molecule has 5 unspecified atom stereocenters. The van der Waals surface area contributed by atoms with Crippen LogP contribution in [0.3, 0.4) is 0 Å². The van der Waals surface area contributed by atoms with Gasteiger partial charge in [-0.15, -0.1) is 0 Å². The number of allylic oxidation sites excluding steroid dienone is 2. The number of carboxylic acid groups (broad SMARTS) is 3. The van der Waals surface area contributed by atoms with E-state index < -0.39 is 226 Å². The zero-order valence-corrected chi connectivity index (χ0v) is 52.7. The minimum Gasteiger partial charge on any atom is -0.481 e. The number of carboxylic acids is 3. The molecule has 0 aromatic heterocycles. The Balaban J connectivity index is 1.25. The Labute approximate surface area is 531 Å². The zero-order valence-electron chi connectivity index (χ0n) is 52.7. The van der Waals surface area contributed by atoms with Crippen LogP contribution in [-0.2, 0) is 81.5 Å². The number of guanidine groups is 1. The molecule has 11 atom stereocenters. The third kappa shape index (κ3) is 24.1. The Kier molecular flexibility index (Phi) is 29.8. The number of ketones is 5. The number of Topliss-reactive ketones (excluding diaryl/α,β-unsaturated/α-hetero) is 5. The van der Waals surface area contributed by atoms with E-state index >= 15 is 0 Å². The number of hydrogen-bond acceptors (Lipinski definition) is 18. The maximum absolute atomic E-state index is 13.8. The van der Waals surface area contributed by atoms with E-state index in [1.165, 1.54) is 11.8 Å². The van der Waals surface area contributed by atoms with Gasteiger partial charge in [0.2, 0.25) is 53.2 Å². The molecule has 92 heavy (non-hydrogen) atoms. The highest BCUT2D eigenvalue weighted by Crippen LogP contribution is 2.52. The van der Waals surface area contributed by atoms with Crippen LogP contribution in [0, 0.1) is 59.2 Å². The van der Waals surface area contributed by atoms with Gasteiger partial charge in [0.05, 0.1) is 61.9 Å². The van der Waals surface area contributed by atoms with Crippen LogP contribution in [0.15, 0.2) is 17.1 Å². The Hall–Kier alpha value is -8.80. The number of amides is 9. The molecule has 9 amide bonds. The average molecular weight is 1300 g/mol. The number of likely N-dealkylation sites (tertiary alicyclic amines) is 2. The van der Waals surface area contributed by atoms with E-state index in [1.807, 2.05) is 45.2 Å². The highest BCUT2D eigenvalue weighted by atomic mass is 16.4. The van der Waals surface area contributed by atoms with Gasteiger partial charge in [-0.05, 0) is 82.0 Å². The number of nitrogens with two attached hydrogens (primary N) is 2. The van der Waals surface area contributed by atoms with Crippen LogP contribution in [0.1, 0.15) is 137 Å². The second-order valence-corrected chi connectivity index (χ2v) is 25.0. The molecule has 0 aromatic rings. The summed E-state index contributed by atoms with van der Waals surface area (Å²) < 4.78 is 0. The van der Waals surface area contributed by atoms with E-state index in [0.717, 1.165) is 11.3 Å². The van der Waals surface area contributed by atoms with Crippen LogP contribution in [0.4, 0.5) is 0 Å². The monoisotopic (exact) mass is 1300 g/mol. The van der Waals surface area contributed by atoms with Crippen molar-refractivity contribution in [3.05, 3.63) is 12.2 Å². The fraction of sp³-hybridized carbons (Fsp3) is 0.672. The van der Waals surface area contributed by atoms with Crippen molar-refractivity contribution in [1.82, 2.24) is 41.7 Å². The lowest BCUT2D eigenvalue weighted by Gasteiger charge is -2.26. The van der Waals surface area contributed by atoms with Crippen LogP contribution in [0.25, 0.3) is 0 Å². The minimum atomic E-state index is -1.56. The topological polar surface area (TPSA) is 494 Å². The number of carbonyl (C=O) groups is 17. The number of hydrogen-bond donors (Lipinski definition) is 11. The predicted octanol–water partition coefficient (Wildman–Crippen LogP) is -1.54. The lowest BCUT2D eigenvalue weighted by Crippen LogP contribution is -2.48. The van der Waals surface area contributed by atoms with Crippen molar-refractivity contribution in [3.63, 3.8) is 0 Å². The SMILES string of the molecule is CC(C)C[C@H](CC(=O)C1CCCN1C(=O)CNC(=O)CN1C(=O)C2C3C=CC(C3)C2C1=O)C(=O)NCC(=O)C[C@@H](CC(C)C)C(=O)N[C@@H](C)C(=O)CCC(=O)NCC(=O)C[C@@H](CCC(=O)O)C(=O)N[C@@H](CCCN=C(N)N)C(=O)C[C@@H](CC(=O)O)C(=O)NCC(=O)O. The molecule has 0 aromatic carbocycles. The standard InChI is InChI=1S/C61H89N11O20/c1-31(2)18-37(22-41(74)27-67-55(87)38(19-32(3)4)24-46(77)43-9-7-17-71(43)49(80)28-66-48(79)30-72-59(91)53-34-10-11-35(20-34)54(53)60(72)92)58(90)69-33(5)44(75)13-14-47(78)65-26-40(73)21-36(12-15-50(81)82)57(89)70-42(8-6-16-64-61(62)63)45(76)23-39(25-51(83)84)56(88)68-29-52(85)86/h10-11,31-39,42-43,53-54H,6-9,12-30H2,1-5H3,(H,65,78)(H,66,79)(H,67,87)(H,68,88)(H,69,90)(H,70,89)(H,81,82)(H,83,84)(H,85,86)(H4,62,63,64)/t33-,34?,35?,36+,37+,38+,39-,42-,43?,53?,54?/m0/s1. The Morgan fingerprint density at radius 1 is 0.576 bits per heavy atom. The van der Waals surface area contributed by atoms with Crippen molar-refractivity contribution in [2.45, 2.75) is 155 Å². The molecule has 4 rings (SSSR count). The maximum Gasteiger partial charge on any atom is 0.322 e. The maximum atomic E-state index is 13.8. The molecule has 31 heteroatoms. The molecular formula is C61H89N11O20. The van der Waals surface area contributed by atoms with Crippen molar-refractivity contribution in [1.29, 1.82) is 0 Å². The van der Waals surface area contributed by atoms with Crippen LogP contribution in [0.5, 0.6) is 0 Å². The smallest absolute Gasteiger partial charge is 0.322 e. The van der Waals surface area contributed by atoms with Crippen LogP contribution in [-0.4, -0.2) is 195 Å². The Bertz CT molecular complexity index is 2860. The van der Waals surface area contributed by atoms with Crippen LogP contribution >= 0.6 is 0 Å². The molecule has 0 spiro atoms. The summed E-state index contributed by atoms with van der Waals surface area (Å²) in [6, 6.07) is -3.48. The second-order valence-electron chi connectivity index (χ2n) is 25.0. The Morgan fingerprint density at radius 2 is 1.13 bits per heavy atom. The van der Waals surface area contributed by atoms with E-state index in [1.54, 1.807) is 0 Å². The first-order chi connectivity index (χ1) is 43.3. The number of nitrogens with one attached hydrogen (secondary N) is 6. The number of imide groups is 1. The van der Waals surface area contributed by atoms with Gasteiger partial charge in [-0.1, -0.05) is 39.8 Å². The van der Waals surface area contributed by atoms with Crippen molar-refractivity contribution in [2.75, 3.05) is 45.8 Å². The fourth-order valence-corrected chi connectivity index (χ4v) is 12.1. The zero-order chi connectivity index (χ0) is 68.7. The first-order valence-corrected chi connectivity index (χ1v) is 31.1. The molecule has 508 valence electrons. The quantitative estimate of drug-likeness (QED) is 0.0108. The fourth-order valence-electron chi connectivity index (χ4n) is 12.1. The molecule has 2 heterocycles. The molecule has 2 bridgehead atoms. The van der Waals surface area contributed by atoms with E-state index in [0.29, 0.717) is 12.8 Å². The van der Waals surface area contributed by atoms with Crippen molar-refractivity contribution < 1.29 is 96.8 Å². The lowest BCUT2D eigenvalue weighted by atomic mass is 9.85. The van der Waals surface area contributed by atoms with Crippen molar-refractivity contribution in [3.8, 4) is 0 Å². The first kappa shape index (κ1) is 75.7. The van der Waals surface area contributed by atoms with Gasteiger partial charge in [-0.25, -0.2) is 0 Å². The normalized spacial score (nSPS) is 19.8. The van der Waals surface area contributed by atoms with Gasteiger partial charge >= 0.3 is 17.9 Å². The average Bonchev–Trinajstić information content (AvgIpc) is 1.59. The van der Waals surface area contributed by atoms with Gasteiger partial charge in [0.25, 0.3) is 0 Å². The highest BCUT2D eigenvalue weighted by Gasteiger charge is 2.59. The van der Waals surface area contributed by atoms with E-state index in [4.69, 9.17) is 16.6 Å². The summed E-state index contributed by atoms with van der Waals surface area (Å²) in [5.41, 5.74) is 10.7. The summed E-state index contributed by atoms with van der Waals surface area (Å²) in [6.45, 7) is 5.82. The molecule has 4 aliphatic rings. The molecular weight excluding hydrogens is 1210 g/mol. The second kappa shape index (κ2) is 36.3. The molecule has 3 fully saturated rings. The minimum absolute atomic E-state index is 0.0325. The van der Waals surface area contributed by atoms with E-state index in [2.05, 4.69) is 31.6 Å². The summed E-state index contributed by atoms with van der Waals surface area (Å²) in [7, 11) is 0. The van der Waals surface area contributed by atoms with Gasteiger partial charge in [0, 0.05) is 75.8 Å². The number of aliphatic carboxylic acids is 3. The molecule has 31 nitrogen and oxygen atoms in total. The summed E-state index contributed by atoms with van der Waals surface area (Å²) in [5, 5.41) is 42.2. The molecule has 2 aliphatic heterocycles. The van der Waals surface area contributed by atoms with Gasteiger partial charge in [-0.3, -0.25) is 91.4 Å². The number of nitrogens with zero attached hydrogens (tertiary/aromatic N) is 3. The first-order valence-electron chi connectivity index (χ1n) is 31.1. The third-order valence-electron chi connectivity index (χ3n) is 16.7. The number of rotatable bonds is 43. The summed E-state index contributed by atoms with van der Waals surface area (Å²) in [6.07, 6.45) is 0.940.